The van der Waals surface area contributed by atoms with Gasteiger partial charge in [-0.05, 0) is 76.5 Å². The number of hydrogen-bond donors (Lipinski definition) is 3. The Bertz CT molecular complexity index is 1270. The maximum atomic E-state index is 13.0. The van der Waals surface area contributed by atoms with Crippen LogP contribution in [0, 0.1) is 0 Å². The number of halogens is 1. The molecule has 0 radical (unpaired) electrons. The number of hydrazone groups is 1. The van der Waals surface area contributed by atoms with Gasteiger partial charge in [0.2, 0.25) is 0 Å². The molecule has 0 aliphatic rings. The van der Waals surface area contributed by atoms with Crippen molar-refractivity contribution in [2.45, 2.75) is 6.92 Å². The summed E-state index contributed by atoms with van der Waals surface area (Å²) in [6.45, 7) is 2.18. The Kier molecular flexibility index (Phi) is 9.24. The highest BCUT2D eigenvalue weighted by Crippen LogP contribution is 2.35. The predicted molar refractivity (Wildman–Crippen MR) is 145 cm³/mol. The molecule has 9 heteroatoms. The van der Waals surface area contributed by atoms with Crippen LogP contribution in [0.3, 0.4) is 0 Å². The zero-order valence-corrected chi connectivity index (χ0v) is 21.7. The number of anilines is 1. The van der Waals surface area contributed by atoms with E-state index in [1.165, 1.54) is 6.21 Å². The molecule has 0 fully saturated rings. The fourth-order valence-corrected chi connectivity index (χ4v) is 3.60. The predicted octanol–water partition coefficient (Wildman–Crippen LogP) is 4.54. The van der Waals surface area contributed by atoms with Crippen LogP contribution in [0.4, 0.5) is 5.69 Å². The number of benzene rings is 3. The number of nitrogens with zero attached hydrogens (tertiary/aromatic N) is 2. The zero-order chi connectivity index (χ0) is 26.1. The minimum atomic E-state index is -0.602. The maximum absolute atomic E-state index is 13.0. The summed E-state index contributed by atoms with van der Waals surface area (Å²) in [6, 6.07) is 19.4. The number of carbonyl (C=O) groups excluding carboxylic acids is 2. The second kappa shape index (κ2) is 12.6. The minimum Gasteiger partial charge on any atom is -0.503 e. The van der Waals surface area contributed by atoms with Crippen LogP contribution in [0.15, 0.2) is 82.0 Å². The normalized spacial score (nSPS) is 11.3. The number of phenolic OH excluding ortho intramolecular Hbond substituents is 1. The van der Waals surface area contributed by atoms with Crippen LogP contribution >= 0.6 is 15.9 Å². The molecule has 0 spiro atoms. The average molecular weight is 551 g/mol. The third-order valence-electron chi connectivity index (χ3n) is 4.98. The summed E-state index contributed by atoms with van der Waals surface area (Å²) in [4.78, 5) is 27.7. The molecule has 186 valence electrons. The topological polar surface area (TPSA) is 103 Å². The van der Waals surface area contributed by atoms with Gasteiger partial charge in [0.05, 0.1) is 17.3 Å². The van der Waals surface area contributed by atoms with E-state index in [1.807, 2.05) is 43.3 Å². The Balaban J connectivity index is 1.83. The van der Waals surface area contributed by atoms with Crippen molar-refractivity contribution in [3.63, 3.8) is 0 Å². The Labute approximate surface area is 218 Å². The van der Waals surface area contributed by atoms with Crippen molar-refractivity contribution in [1.29, 1.82) is 0 Å². The highest BCUT2D eigenvalue weighted by molar-refractivity contribution is 9.10. The van der Waals surface area contributed by atoms with Gasteiger partial charge in [-0.25, -0.2) is 5.43 Å². The summed E-state index contributed by atoms with van der Waals surface area (Å²) in [6.07, 6.45) is 2.99. The van der Waals surface area contributed by atoms with Gasteiger partial charge < -0.3 is 20.1 Å². The van der Waals surface area contributed by atoms with Crippen molar-refractivity contribution in [2.75, 3.05) is 25.6 Å². The molecule has 3 rings (SSSR count). The molecular weight excluding hydrogens is 524 g/mol. The third kappa shape index (κ3) is 7.19. The Morgan fingerprint density at radius 3 is 2.39 bits per heavy atom. The molecule has 3 N–H and O–H groups in total. The number of carbonyl (C=O) groups is 2. The maximum Gasteiger partial charge on any atom is 0.287 e. The van der Waals surface area contributed by atoms with Gasteiger partial charge in [-0.3, -0.25) is 9.59 Å². The van der Waals surface area contributed by atoms with Crippen molar-refractivity contribution in [1.82, 2.24) is 10.7 Å². The summed E-state index contributed by atoms with van der Waals surface area (Å²) in [5.41, 5.74) is 5.20. The molecule has 0 atom stereocenters. The van der Waals surface area contributed by atoms with Crippen molar-refractivity contribution >= 4 is 45.7 Å². The largest absolute Gasteiger partial charge is 0.503 e. The van der Waals surface area contributed by atoms with E-state index in [1.54, 1.807) is 55.5 Å². The summed E-state index contributed by atoms with van der Waals surface area (Å²) >= 11 is 3.27. The van der Waals surface area contributed by atoms with Crippen molar-refractivity contribution < 1.29 is 19.4 Å². The van der Waals surface area contributed by atoms with Crippen LogP contribution in [-0.2, 0) is 4.79 Å². The van der Waals surface area contributed by atoms with Gasteiger partial charge in [-0.1, -0.05) is 30.3 Å². The van der Waals surface area contributed by atoms with Gasteiger partial charge in [0.15, 0.2) is 11.5 Å². The van der Waals surface area contributed by atoms with Crippen LogP contribution in [0.1, 0.15) is 28.4 Å². The molecular formula is C27H27BrN4O4. The van der Waals surface area contributed by atoms with E-state index in [-0.39, 0.29) is 17.2 Å². The van der Waals surface area contributed by atoms with Crippen molar-refractivity contribution in [2.24, 2.45) is 5.10 Å². The Hall–Kier alpha value is -4.11. The van der Waals surface area contributed by atoms with E-state index in [2.05, 4.69) is 31.8 Å². The second-order valence-corrected chi connectivity index (χ2v) is 8.70. The number of amides is 2. The van der Waals surface area contributed by atoms with E-state index in [4.69, 9.17) is 4.74 Å². The number of ether oxygens (including phenoxy) is 1. The fraction of sp³-hybridized carbons (Fsp3) is 0.148. The molecule has 0 bridgehead atoms. The number of nitrogens with one attached hydrogen (secondary N) is 2. The standard InChI is InChI=1S/C27H27BrN4O4/c1-4-36-24-16-19(14-22(28)25(24)33)17-29-31-27(35)23(30-26(34)20-8-6-5-7-9-20)15-18-10-12-21(13-11-18)32(2)3/h5-17,33H,4H2,1-3H3,(H,30,34)(H,31,35)/b23-15-,29-17-. The van der Waals surface area contributed by atoms with E-state index in [9.17, 15) is 14.7 Å². The monoisotopic (exact) mass is 550 g/mol. The van der Waals surface area contributed by atoms with E-state index in [0.717, 1.165) is 11.3 Å². The van der Waals surface area contributed by atoms with Crippen LogP contribution in [0.25, 0.3) is 6.08 Å². The smallest absolute Gasteiger partial charge is 0.287 e. The Morgan fingerprint density at radius 1 is 1.06 bits per heavy atom. The quantitative estimate of drug-likeness (QED) is 0.206. The third-order valence-corrected chi connectivity index (χ3v) is 5.58. The van der Waals surface area contributed by atoms with E-state index < -0.39 is 11.8 Å². The van der Waals surface area contributed by atoms with Crippen LogP contribution in [-0.4, -0.2) is 43.8 Å². The minimum absolute atomic E-state index is 0.0211. The van der Waals surface area contributed by atoms with Gasteiger partial charge in [0.25, 0.3) is 11.8 Å². The first-order valence-corrected chi connectivity index (χ1v) is 11.9. The van der Waals surface area contributed by atoms with Crippen LogP contribution in [0.2, 0.25) is 0 Å². The van der Waals surface area contributed by atoms with Gasteiger partial charge in [0, 0.05) is 25.3 Å². The second-order valence-electron chi connectivity index (χ2n) is 7.85. The van der Waals surface area contributed by atoms with Crippen molar-refractivity contribution in [3.05, 3.63) is 93.6 Å². The van der Waals surface area contributed by atoms with Gasteiger partial charge in [-0.15, -0.1) is 0 Å². The molecule has 0 heterocycles. The van der Waals surface area contributed by atoms with Crippen molar-refractivity contribution in [3.8, 4) is 11.5 Å². The molecule has 0 saturated carbocycles. The molecule has 0 aromatic heterocycles. The molecule has 0 aliphatic carbocycles. The lowest BCUT2D eigenvalue weighted by atomic mass is 10.1. The summed E-state index contributed by atoms with van der Waals surface area (Å²) in [5.74, 6) is -0.756. The van der Waals surface area contributed by atoms with Crippen LogP contribution in [0.5, 0.6) is 11.5 Å². The van der Waals surface area contributed by atoms with E-state index >= 15 is 0 Å². The molecule has 36 heavy (non-hydrogen) atoms. The highest BCUT2D eigenvalue weighted by atomic mass is 79.9. The molecule has 3 aromatic carbocycles. The number of rotatable bonds is 9. The zero-order valence-electron chi connectivity index (χ0n) is 20.2. The van der Waals surface area contributed by atoms with Gasteiger partial charge >= 0.3 is 0 Å². The lowest BCUT2D eigenvalue weighted by Gasteiger charge is -2.13. The first-order valence-electron chi connectivity index (χ1n) is 11.1. The lowest BCUT2D eigenvalue weighted by molar-refractivity contribution is -0.117. The van der Waals surface area contributed by atoms with Gasteiger partial charge in [0.1, 0.15) is 5.70 Å². The first-order chi connectivity index (χ1) is 17.3. The summed E-state index contributed by atoms with van der Waals surface area (Å²) < 4.78 is 5.84. The fourth-order valence-electron chi connectivity index (χ4n) is 3.14. The Morgan fingerprint density at radius 2 is 1.75 bits per heavy atom. The molecule has 0 saturated heterocycles. The molecule has 0 aliphatic heterocycles. The summed E-state index contributed by atoms with van der Waals surface area (Å²) in [7, 11) is 3.87. The SMILES string of the molecule is CCOc1cc(/C=N\NC(=O)/C(=C/c2ccc(N(C)C)cc2)NC(=O)c2ccccc2)cc(Br)c1O. The number of aromatic hydroxyl groups is 1. The number of phenols is 1. The average Bonchev–Trinajstić information content (AvgIpc) is 2.87. The first kappa shape index (κ1) is 26.5. The summed E-state index contributed by atoms with van der Waals surface area (Å²) in [5, 5.41) is 16.8. The van der Waals surface area contributed by atoms with Crippen LogP contribution < -0.4 is 20.4 Å². The molecule has 2 amide bonds. The number of hydrogen-bond acceptors (Lipinski definition) is 6. The molecule has 3 aromatic rings. The molecule has 8 nitrogen and oxygen atoms in total. The highest BCUT2D eigenvalue weighted by Gasteiger charge is 2.15. The molecule has 0 unspecified atom stereocenters. The lowest BCUT2D eigenvalue weighted by Crippen LogP contribution is -2.32. The van der Waals surface area contributed by atoms with Gasteiger partial charge in [-0.2, -0.15) is 5.10 Å². The van der Waals surface area contributed by atoms with E-state index in [0.29, 0.717) is 22.2 Å².